The molecule has 0 aliphatic carbocycles. The number of hydrogen-bond acceptors (Lipinski definition) is 2. The van der Waals surface area contributed by atoms with Gasteiger partial charge in [0.1, 0.15) is 11.6 Å². The van der Waals surface area contributed by atoms with Crippen molar-refractivity contribution in [2.75, 3.05) is 38.0 Å². The molecule has 1 aliphatic heterocycles. The Bertz CT molecular complexity index is 877. The van der Waals surface area contributed by atoms with E-state index in [0.29, 0.717) is 37.4 Å². The van der Waals surface area contributed by atoms with Crippen LogP contribution in [-0.2, 0) is 9.59 Å². The largest absolute Gasteiger partial charge is 0.328 e. The number of quaternary nitrogens is 1. The molecule has 1 heterocycles. The van der Waals surface area contributed by atoms with E-state index in [1.807, 2.05) is 0 Å². The molecular weight excluding hydrogens is 364 g/mol. The first-order valence-corrected chi connectivity index (χ1v) is 9.12. The van der Waals surface area contributed by atoms with Gasteiger partial charge in [0.05, 0.1) is 26.2 Å². The molecule has 2 amide bonds. The number of rotatable bonds is 5. The summed E-state index contributed by atoms with van der Waals surface area (Å²) in [7, 11) is 0. The minimum Gasteiger partial charge on any atom is -0.328 e. The molecule has 146 valence electrons. The van der Waals surface area contributed by atoms with E-state index in [1.165, 1.54) is 36.4 Å². The monoisotopic (exact) mass is 386 g/mol. The number of amides is 2. The highest BCUT2D eigenvalue weighted by atomic mass is 19.1. The van der Waals surface area contributed by atoms with E-state index in [9.17, 15) is 18.4 Å². The lowest BCUT2D eigenvalue weighted by Crippen LogP contribution is -3.15. The van der Waals surface area contributed by atoms with Gasteiger partial charge in [-0.15, -0.1) is 0 Å². The highest BCUT2D eigenvalue weighted by Gasteiger charge is 2.24. The van der Waals surface area contributed by atoms with Crippen LogP contribution < -0.4 is 10.2 Å². The fourth-order valence-electron chi connectivity index (χ4n) is 3.10. The second kappa shape index (κ2) is 9.23. The zero-order valence-electron chi connectivity index (χ0n) is 15.3. The number of benzene rings is 2. The SMILES string of the molecule is O=C(C[NH+]1CCN(C(=O)/C=C/c2ccccc2F)CC1)Nc1cccc(F)c1. The molecule has 2 aromatic rings. The highest BCUT2D eigenvalue weighted by molar-refractivity contribution is 5.92. The van der Waals surface area contributed by atoms with Gasteiger partial charge in [0.25, 0.3) is 5.91 Å². The van der Waals surface area contributed by atoms with E-state index in [-0.39, 0.29) is 24.2 Å². The number of carbonyl (C=O) groups is 2. The predicted octanol–water partition coefficient (Wildman–Crippen LogP) is 1.34. The van der Waals surface area contributed by atoms with Gasteiger partial charge in [0.2, 0.25) is 5.91 Å². The summed E-state index contributed by atoms with van der Waals surface area (Å²) < 4.78 is 26.8. The Morgan fingerprint density at radius 2 is 1.82 bits per heavy atom. The number of nitrogens with one attached hydrogen (secondary N) is 2. The van der Waals surface area contributed by atoms with Crippen LogP contribution in [0.15, 0.2) is 54.6 Å². The molecule has 0 unspecified atom stereocenters. The van der Waals surface area contributed by atoms with Gasteiger partial charge in [0, 0.05) is 17.3 Å². The molecule has 0 atom stereocenters. The number of halogens is 2. The van der Waals surface area contributed by atoms with Gasteiger partial charge in [-0.05, 0) is 30.3 Å². The van der Waals surface area contributed by atoms with E-state index < -0.39 is 5.82 Å². The molecule has 3 rings (SSSR count). The van der Waals surface area contributed by atoms with Crippen LogP contribution in [0.4, 0.5) is 14.5 Å². The van der Waals surface area contributed by atoms with E-state index in [0.717, 1.165) is 4.90 Å². The lowest BCUT2D eigenvalue weighted by atomic mass is 10.2. The van der Waals surface area contributed by atoms with Gasteiger partial charge in [-0.1, -0.05) is 24.3 Å². The Hall–Kier alpha value is -3.06. The number of piperazine rings is 1. The Kier molecular flexibility index (Phi) is 6.49. The maximum Gasteiger partial charge on any atom is 0.279 e. The first kappa shape index (κ1) is 19.7. The van der Waals surface area contributed by atoms with Gasteiger partial charge in [-0.2, -0.15) is 0 Å². The molecule has 1 fully saturated rings. The van der Waals surface area contributed by atoms with Crippen LogP contribution >= 0.6 is 0 Å². The van der Waals surface area contributed by atoms with E-state index >= 15 is 0 Å². The van der Waals surface area contributed by atoms with Crippen molar-refractivity contribution in [1.29, 1.82) is 0 Å². The maximum atomic E-state index is 13.6. The molecule has 0 bridgehead atoms. The van der Waals surface area contributed by atoms with Crippen LogP contribution in [0.5, 0.6) is 0 Å². The molecule has 1 aliphatic rings. The summed E-state index contributed by atoms with van der Waals surface area (Å²) in [6.07, 6.45) is 2.85. The third kappa shape index (κ3) is 5.47. The van der Waals surface area contributed by atoms with Crippen molar-refractivity contribution in [1.82, 2.24) is 4.90 Å². The van der Waals surface area contributed by atoms with Crippen molar-refractivity contribution in [2.45, 2.75) is 0 Å². The summed E-state index contributed by atoms with van der Waals surface area (Å²) in [4.78, 5) is 27.1. The fourth-order valence-corrected chi connectivity index (χ4v) is 3.10. The van der Waals surface area contributed by atoms with Gasteiger partial charge in [0.15, 0.2) is 6.54 Å². The van der Waals surface area contributed by atoms with Gasteiger partial charge in [-0.3, -0.25) is 9.59 Å². The van der Waals surface area contributed by atoms with Crippen LogP contribution in [0.2, 0.25) is 0 Å². The minimum absolute atomic E-state index is 0.175. The summed E-state index contributed by atoms with van der Waals surface area (Å²) in [6, 6.07) is 12.0. The molecular formula is C21H22F2N3O2+. The predicted molar refractivity (Wildman–Crippen MR) is 103 cm³/mol. The summed E-state index contributed by atoms with van der Waals surface area (Å²) in [5.74, 6) is -1.14. The van der Waals surface area contributed by atoms with E-state index in [1.54, 1.807) is 29.2 Å². The molecule has 1 saturated heterocycles. The topological polar surface area (TPSA) is 53.9 Å². The number of hydrogen-bond donors (Lipinski definition) is 2. The first-order chi connectivity index (χ1) is 13.5. The van der Waals surface area contributed by atoms with Gasteiger partial charge < -0.3 is 15.1 Å². The van der Waals surface area contributed by atoms with Gasteiger partial charge in [-0.25, -0.2) is 8.78 Å². The average molecular weight is 386 g/mol. The van der Waals surface area contributed by atoms with Crippen LogP contribution in [0.25, 0.3) is 6.08 Å². The average Bonchev–Trinajstić information content (AvgIpc) is 2.67. The minimum atomic E-state index is -0.402. The Balaban J connectivity index is 1.45. The quantitative estimate of drug-likeness (QED) is 0.763. The number of carbonyl (C=O) groups excluding carboxylic acids is 2. The Labute approximate surface area is 162 Å². The van der Waals surface area contributed by atoms with Crippen molar-refractivity contribution in [2.24, 2.45) is 0 Å². The molecule has 28 heavy (non-hydrogen) atoms. The molecule has 5 nitrogen and oxygen atoms in total. The number of nitrogens with zero attached hydrogens (tertiary/aromatic N) is 1. The van der Waals surface area contributed by atoms with Crippen LogP contribution in [-0.4, -0.2) is 49.4 Å². The van der Waals surface area contributed by atoms with Crippen molar-refractivity contribution >= 4 is 23.6 Å². The second-order valence-electron chi connectivity index (χ2n) is 6.67. The summed E-state index contributed by atoms with van der Waals surface area (Å²) in [6.45, 7) is 2.56. The maximum absolute atomic E-state index is 13.6. The molecule has 7 heteroatoms. The van der Waals surface area contributed by atoms with E-state index in [2.05, 4.69) is 5.32 Å². The van der Waals surface area contributed by atoms with Crippen molar-refractivity contribution in [3.05, 3.63) is 71.8 Å². The van der Waals surface area contributed by atoms with Crippen molar-refractivity contribution in [3.63, 3.8) is 0 Å². The van der Waals surface area contributed by atoms with E-state index in [4.69, 9.17) is 0 Å². The molecule has 0 saturated carbocycles. The first-order valence-electron chi connectivity index (χ1n) is 9.12. The standard InChI is InChI=1S/C21H21F2N3O2/c22-17-5-3-6-18(14-17)24-20(27)15-25-10-12-26(13-11-25)21(28)9-8-16-4-1-2-7-19(16)23/h1-9,14H,10-13,15H2,(H,24,27)/p+1/b9-8+. The Morgan fingerprint density at radius 1 is 1.07 bits per heavy atom. The zero-order chi connectivity index (χ0) is 19.9. The van der Waals surface area contributed by atoms with Gasteiger partial charge >= 0.3 is 0 Å². The van der Waals surface area contributed by atoms with Crippen LogP contribution in [0.1, 0.15) is 5.56 Å². The molecule has 0 spiro atoms. The molecule has 2 N–H and O–H groups in total. The zero-order valence-corrected chi connectivity index (χ0v) is 15.3. The summed E-state index contributed by atoms with van der Waals surface area (Å²) >= 11 is 0. The lowest BCUT2D eigenvalue weighted by molar-refractivity contribution is -0.895. The van der Waals surface area contributed by atoms with Crippen molar-refractivity contribution < 1.29 is 23.3 Å². The number of anilines is 1. The summed E-state index contributed by atoms with van der Waals surface area (Å²) in [5, 5.41) is 2.68. The van der Waals surface area contributed by atoms with Crippen molar-refractivity contribution in [3.8, 4) is 0 Å². The molecule has 2 aromatic carbocycles. The summed E-state index contributed by atoms with van der Waals surface area (Å²) in [5.41, 5.74) is 0.797. The van der Waals surface area contributed by atoms with Crippen LogP contribution in [0, 0.1) is 11.6 Å². The third-order valence-electron chi connectivity index (χ3n) is 4.61. The lowest BCUT2D eigenvalue weighted by Gasteiger charge is -2.31. The third-order valence-corrected chi connectivity index (χ3v) is 4.61. The normalized spacial score (nSPS) is 15.0. The van der Waals surface area contributed by atoms with Crippen LogP contribution in [0.3, 0.4) is 0 Å². The Morgan fingerprint density at radius 3 is 2.54 bits per heavy atom. The smallest absolute Gasteiger partial charge is 0.279 e. The highest BCUT2D eigenvalue weighted by Crippen LogP contribution is 2.09. The second-order valence-corrected chi connectivity index (χ2v) is 6.67. The molecule has 0 radical (unpaired) electrons. The molecule has 0 aromatic heterocycles. The fraction of sp³-hybridized carbons (Fsp3) is 0.238.